The van der Waals surface area contributed by atoms with E-state index in [2.05, 4.69) is 15.5 Å². The van der Waals surface area contributed by atoms with E-state index in [1.165, 1.54) is 4.88 Å². The lowest BCUT2D eigenvalue weighted by molar-refractivity contribution is 0.0956. The number of aromatic amines is 1. The molecule has 0 bridgehead atoms. The van der Waals surface area contributed by atoms with Crippen molar-refractivity contribution in [3.8, 4) is 0 Å². The number of hydrogen-bond acceptors (Lipinski definition) is 3. The number of carbonyl (C=O) groups is 1. The second-order valence-electron chi connectivity index (χ2n) is 4.80. The van der Waals surface area contributed by atoms with Crippen LogP contribution >= 0.6 is 11.3 Å². The summed E-state index contributed by atoms with van der Waals surface area (Å²) in [4.78, 5) is 17.6. The monoisotopic (exact) mass is 297 g/mol. The largest absolute Gasteiger partial charge is 0.360 e. The Kier molecular flexibility index (Phi) is 3.58. The molecule has 21 heavy (non-hydrogen) atoms. The molecule has 0 spiro atoms. The van der Waals surface area contributed by atoms with Gasteiger partial charge >= 0.3 is 0 Å². The van der Waals surface area contributed by atoms with Gasteiger partial charge in [-0.15, -0.1) is 11.3 Å². The molecule has 2 heterocycles. The Morgan fingerprint density at radius 1 is 1.24 bits per heavy atom. The third-order valence-corrected chi connectivity index (χ3v) is 4.37. The third-order valence-electron chi connectivity index (χ3n) is 3.26. The molecule has 2 N–H and O–H groups in total. The number of H-pyrrole nitrogens is 1. The molecule has 5 heteroatoms. The molecule has 1 aromatic carbocycles. The maximum atomic E-state index is 12.2. The molecule has 0 aliphatic heterocycles. The molecule has 3 aromatic rings. The maximum absolute atomic E-state index is 12.2. The molecule has 0 atom stereocenters. The molecule has 0 aliphatic rings. The van der Waals surface area contributed by atoms with Gasteiger partial charge in [0, 0.05) is 22.0 Å². The zero-order valence-corrected chi connectivity index (χ0v) is 12.6. The molecular weight excluding hydrogens is 282 g/mol. The molecule has 4 nitrogen and oxygen atoms in total. The first-order chi connectivity index (χ1) is 10.1. The van der Waals surface area contributed by atoms with Crippen molar-refractivity contribution in [2.24, 2.45) is 5.10 Å². The fraction of sp³-hybridized carbons (Fsp3) is 0.125. The minimum absolute atomic E-state index is 0.208. The van der Waals surface area contributed by atoms with Gasteiger partial charge in [-0.1, -0.05) is 18.2 Å². The normalized spacial score (nSPS) is 11.8. The summed E-state index contributed by atoms with van der Waals surface area (Å²) >= 11 is 1.66. The van der Waals surface area contributed by atoms with Gasteiger partial charge in [0.05, 0.1) is 16.2 Å². The van der Waals surface area contributed by atoms with Crippen molar-refractivity contribution in [3.63, 3.8) is 0 Å². The summed E-state index contributed by atoms with van der Waals surface area (Å²) in [5, 5.41) is 5.08. The number of carbonyl (C=O) groups excluding carboxylic acids is 1. The van der Waals surface area contributed by atoms with Gasteiger partial charge in [-0.3, -0.25) is 4.79 Å². The van der Waals surface area contributed by atoms with Crippen LogP contribution < -0.4 is 5.43 Å². The van der Waals surface area contributed by atoms with Crippen molar-refractivity contribution < 1.29 is 4.79 Å². The fourth-order valence-corrected chi connectivity index (χ4v) is 2.95. The number of nitrogens with zero attached hydrogens (tertiary/aromatic N) is 1. The number of aryl methyl sites for hydroxylation is 1. The van der Waals surface area contributed by atoms with Crippen LogP contribution in [0.25, 0.3) is 10.9 Å². The van der Waals surface area contributed by atoms with Gasteiger partial charge in [-0.05, 0) is 32.0 Å². The number of nitrogens with one attached hydrogen (secondary N) is 2. The summed E-state index contributed by atoms with van der Waals surface area (Å²) < 4.78 is 0. The van der Waals surface area contributed by atoms with Crippen molar-refractivity contribution in [1.82, 2.24) is 10.4 Å². The Balaban J connectivity index is 1.80. The van der Waals surface area contributed by atoms with Crippen molar-refractivity contribution in [1.29, 1.82) is 0 Å². The van der Waals surface area contributed by atoms with Gasteiger partial charge in [0.1, 0.15) is 0 Å². The van der Waals surface area contributed by atoms with E-state index in [0.29, 0.717) is 5.56 Å². The predicted octanol–water partition coefficient (Wildman–Crippen LogP) is 3.69. The van der Waals surface area contributed by atoms with Gasteiger partial charge in [0.2, 0.25) is 0 Å². The van der Waals surface area contributed by atoms with Gasteiger partial charge in [0.25, 0.3) is 5.91 Å². The first-order valence-electron chi connectivity index (χ1n) is 6.62. The average molecular weight is 297 g/mol. The second kappa shape index (κ2) is 5.54. The lowest BCUT2D eigenvalue weighted by atomic mass is 10.2. The smallest absolute Gasteiger partial charge is 0.273 e. The quantitative estimate of drug-likeness (QED) is 0.562. The summed E-state index contributed by atoms with van der Waals surface area (Å²) in [5.74, 6) is -0.208. The van der Waals surface area contributed by atoms with Crippen LogP contribution in [0.5, 0.6) is 0 Å². The highest BCUT2D eigenvalue weighted by Crippen LogP contribution is 2.18. The van der Waals surface area contributed by atoms with Gasteiger partial charge in [-0.2, -0.15) is 5.10 Å². The number of benzene rings is 1. The number of hydrogen-bond donors (Lipinski definition) is 2. The second-order valence-corrected chi connectivity index (χ2v) is 6.08. The van der Waals surface area contributed by atoms with Crippen molar-refractivity contribution in [2.45, 2.75) is 13.8 Å². The first kappa shape index (κ1) is 13.6. The van der Waals surface area contributed by atoms with E-state index in [1.807, 2.05) is 50.2 Å². The van der Waals surface area contributed by atoms with Crippen molar-refractivity contribution in [2.75, 3.05) is 0 Å². The highest BCUT2D eigenvalue weighted by molar-refractivity contribution is 7.14. The number of thiophene rings is 1. The molecule has 106 valence electrons. The Hall–Kier alpha value is -2.40. The summed E-state index contributed by atoms with van der Waals surface area (Å²) in [5.41, 5.74) is 4.97. The lowest BCUT2D eigenvalue weighted by Crippen LogP contribution is -2.18. The van der Waals surface area contributed by atoms with Crippen LogP contribution in [0.4, 0.5) is 0 Å². The highest BCUT2D eigenvalue weighted by Gasteiger charge is 2.11. The molecule has 0 unspecified atom stereocenters. The molecule has 0 saturated heterocycles. The highest BCUT2D eigenvalue weighted by atomic mass is 32.1. The van der Waals surface area contributed by atoms with Gasteiger partial charge in [0.15, 0.2) is 0 Å². The van der Waals surface area contributed by atoms with Crippen LogP contribution in [0.3, 0.4) is 0 Å². The molecular formula is C16H15N3OS. The number of rotatable bonds is 3. The zero-order chi connectivity index (χ0) is 14.8. The van der Waals surface area contributed by atoms with Crippen LogP contribution in [-0.4, -0.2) is 16.6 Å². The SMILES string of the molecule is C/C(=N\NC(=O)c1c[nH]c2ccccc12)c1ccc(C)s1. The van der Waals surface area contributed by atoms with E-state index in [9.17, 15) is 4.79 Å². The topological polar surface area (TPSA) is 57.2 Å². The summed E-state index contributed by atoms with van der Waals surface area (Å²) in [6, 6.07) is 11.8. The van der Waals surface area contributed by atoms with E-state index < -0.39 is 0 Å². The molecule has 0 radical (unpaired) electrons. The van der Waals surface area contributed by atoms with E-state index in [4.69, 9.17) is 0 Å². The molecule has 0 aliphatic carbocycles. The summed E-state index contributed by atoms with van der Waals surface area (Å²) in [7, 11) is 0. The summed E-state index contributed by atoms with van der Waals surface area (Å²) in [6.45, 7) is 3.94. The molecule has 1 amide bonds. The van der Waals surface area contributed by atoms with E-state index in [1.54, 1.807) is 17.5 Å². The van der Waals surface area contributed by atoms with Crippen LogP contribution in [0.1, 0.15) is 27.0 Å². The first-order valence-corrected chi connectivity index (χ1v) is 7.44. The number of para-hydroxylation sites is 1. The van der Waals surface area contributed by atoms with E-state index >= 15 is 0 Å². The average Bonchev–Trinajstić information content (AvgIpc) is 3.10. The van der Waals surface area contributed by atoms with Crippen LogP contribution in [0, 0.1) is 6.92 Å². The Morgan fingerprint density at radius 2 is 2.05 bits per heavy atom. The van der Waals surface area contributed by atoms with Crippen LogP contribution in [0.2, 0.25) is 0 Å². The minimum Gasteiger partial charge on any atom is -0.360 e. The molecule has 2 aromatic heterocycles. The zero-order valence-electron chi connectivity index (χ0n) is 11.8. The third kappa shape index (κ3) is 2.73. The molecule has 0 fully saturated rings. The van der Waals surface area contributed by atoms with Crippen LogP contribution in [-0.2, 0) is 0 Å². The number of hydrazone groups is 1. The molecule has 3 rings (SSSR count). The Labute approximate surface area is 126 Å². The van der Waals surface area contributed by atoms with Crippen LogP contribution in [0.15, 0.2) is 47.7 Å². The Bertz CT molecular complexity index is 829. The fourth-order valence-electron chi connectivity index (χ4n) is 2.14. The lowest BCUT2D eigenvalue weighted by Gasteiger charge is -2.00. The number of fused-ring (bicyclic) bond motifs is 1. The van der Waals surface area contributed by atoms with E-state index in [0.717, 1.165) is 21.5 Å². The van der Waals surface area contributed by atoms with Gasteiger partial charge in [-0.25, -0.2) is 5.43 Å². The molecule has 0 saturated carbocycles. The number of amides is 1. The van der Waals surface area contributed by atoms with E-state index in [-0.39, 0.29) is 5.91 Å². The number of aromatic nitrogens is 1. The minimum atomic E-state index is -0.208. The maximum Gasteiger partial charge on any atom is 0.273 e. The standard InChI is InChI=1S/C16H15N3OS/c1-10-7-8-15(21-10)11(2)18-19-16(20)13-9-17-14-6-4-3-5-12(13)14/h3-9,17H,1-2H3,(H,19,20)/b18-11+. The van der Waals surface area contributed by atoms with Crippen molar-refractivity contribution >= 4 is 33.9 Å². The van der Waals surface area contributed by atoms with Gasteiger partial charge < -0.3 is 4.98 Å². The Morgan fingerprint density at radius 3 is 2.81 bits per heavy atom. The predicted molar refractivity (Wildman–Crippen MR) is 87.0 cm³/mol. The van der Waals surface area contributed by atoms with Crippen molar-refractivity contribution in [3.05, 3.63) is 57.9 Å². The summed E-state index contributed by atoms with van der Waals surface area (Å²) in [6.07, 6.45) is 1.71.